The Morgan fingerprint density at radius 3 is 2.93 bits per heavy atom. The van der Waals surface area contributed by atoms with Gasteiger partial charge in [0.1, 0.15) is 11.8 Å². The van der Waals surface area contributed by atoms with E-state index >= 15 is 0 Å². The number of nitrogens with zero attached hydrogens (tertiary/aromatic N) is 1. The predicted molar refractivity (Wildman–Crippen MR) is 53.9 cm³/mol. The van der Waals surface area contributed by atoms with Gasteiger partial charge in [-0.3, -0.25) is 0 Å². The van der Waals surface area contributed by atoms with E-state index in [9.17, 15) is 4.79 Å². The third-order valence-electron chi connectivity index (χ3n) is 1.66. The molecule has 0 heterocycles. The van der Waals surface area contributed by atoms with Crippen LogP contribution in [-0.2, 0) is 4.74 Å². The molecule has 0 aliphatic rings. The molecule has 0 bridgehead atoms. The van der Waals surface area contributed by atoms with Crippen molar-refractivity contribution in [2.45, 2.75) is 0 Å². The molecule has 1 aromatic carbocycles. The summed E-state index contributed by atoms with van der Waals surface area (Å²) in [6, 6.07) is 6.51. The Hall–Kier alpha value is -1.73. The monoisotopic (exact) mass is 225 g/mol. The van der Waals surface area contributed by atoms with Crippen molar-refractivity contribution in [3.63, 3.8) is 0 Å². The molecule has 0 unspecified atom stereocenters. The SMILES string of the molecule is COC(=O)c1cccc(OCC#N)c1Cl. The fourth-order valence-electron chi connectivity index (χ4n) is 1.000. The van der Waals surface area contributed by atoms with E-state index in [2.05, 4.69) is 4.74 Å². The maximum Gasteiger partial charge on any atom is 0.339 e. The van der Waals surface area contributed by atoms with Gasteiger partial charge in [-0.2, -0.15) is 5.26 Å². The van der Waals surface area contributed by atoms with E-state index in [-0.39, 0.29) is 17.2 Å². The molecule has 15 heavy (non-hydrogen) atoms. The number of hydrogen-bond donors (Lipinski definition) is 0. The summed E-state index contributed by atoms with van der Waals surface area (Å²) in [6.07, 6.45) is 0. The Labute approximate surface area is 92.0 Å². The summed E-state index contributed by atoms with van der Waals surface area (Å²) >= 11 is 5.88. The molecular formula is C10H8ClNO3. The zero-order valence-corrected chi connectivity index (χ0v) is 8.75. The summed E-state index contributed by atoms with van der Waals surface area (Å²) < 4.78 is 9.55. The molecule has 0 aliphatic carbocycles. The second-order valence-corrected chi connectivity index (χ2v) is 2.93. The first-order valence-corrected chi connectivity index (χ1v) is 4.45. The lowest BCUT2D eigenvalue weighted by molar-refractivity contribution is 0.0600. The van der Waals surface area contributed by atoms with Crippen LogP contribution in [-0.4, -0.2) is 19.7 Å². The van der Waals surface area contributed by atoms with Crippen molar-refractivity contribution in [2.75, 3.05) is 13.7 Å². The van der Waals surface area contributed by atoms with Crippen molar-refractivity contribution in [1.82, 2.24) is 0 Å². The van der Waals surface area contributed by atoms with Crippen LogP contribution >= 0.6 is 11.6 Å². The smallest absolute Gasteiger partial charge is 0.339 e. The minimum Gasteiger partial charge on any atom is -0.477 e. The summed E-state index contributed by atoms with van der Waals surface area (Å²) in [5, 5.41) is 8.49. The molecule has 0 aromatic heterocycles. The zero-order chi connectivity index (χ0) is 11.3. The molecule has 0 saturated heterocycles. The molecule has 0 N–H and O–H groups in total. The lowest BCUT2D eigenvalue weighted by Gasteiger charge is -2.07. The highest BCUT2D eigenvalue weighted by atomic mass is 35.5. The van der Waals surface area contributed by atoms with Gasteiger partial charge >= 0.3 is 5.97 Å². The van der Waals surface area contributed by atoms with Crippen LogP contribution in [0.1, 0.15) is 10.4 Å². The Morgan fingerprint density at radius 1 is 1.60 bits per heavy atom. The van der Waals surface area contributed by atoms with Crippen LogP contribution in [0.3, 0.4) is 0 Å². The number of halogens is 1. The van der Waals surface area contributed by atoms with Gasteiger partial charge in [0, 0.05) is 0 Å². The van der Waals surface area contributed by atoms with Crippen LogP contribution in [0.4, 0.5) is 0 Å². The van der Waals surface area contributed by atoms with Crippen molar-refractivity contribution < 1.29 is 14.3 Å². The normalized spacial score (nSPS) is 9.13. The molecule has 0 radical (unpaired) electrons. The highest BCUT2D eigenvalue weighted by Gasteiger charge is 2.14. The van der Waals surface area contributed by atoms with Crippen molar-refractivity contribution in [3.05, 3.63) is 28.8 Å². The van der Waals surface area contributed by atoms with E-state index in [1.54, 1.807) is 12.1 Å². The summed E-state index contributed by atoms with van der Waals surface area (Å²) in [6.45, 7) is -0.121. The number of methoxy groups -OCH3 is 1. The van der Waals surface area contributed by atoms with Gasteiger partial charge in [-0.25, -0.2) is 4.79 Å². The van der Waals surface area contributed by atoms with Gasteiger partial charge in [0.25, 0.3) is 0 Å². The van der Waals surface area contributed by atoms with E-state index in [1.165, 1.54) is 13.2 Å². The highest BCUT2D eigenvalue weighted by molar-refractivity contribution is 6.35. The van der Waals surface area contributed by atoms with Crippen LogP contribution in [0.2, 0.25) is 5.02 Å². The van der Waals surface area contributed by atoms with Gasteiger partial charge < -0.3 is 9.47 Å². The molecule has 1 rings (SSSR count). The van der Waals surface area contributed by atoms with E-state index in [4.69, 9.17) is 21.6 Å². The highest BCUT2D eigenvalue weighted by Crippen LogP contribution is 2.28. The number of ether oxygens (including phenoxy) is 2. The first-order valence-electron chi connectivity index (χ1n) is 4.07. The Morgan fingerprint density at radius 2 is 2.33 bits per heavy atom. The zero-order valence-electron chi connectivity index (χ0n) is 7.99. The molecule has 0 saturated carbocycles. The Balaban J connectivity index is 3.01. The molecule has 0 fully saturated rings. The molecular weight excluding hydrogens is 218 g/mol. The molecule has 78 valence electrons. The van der Waals surface area contributed by atoms with Crippen molar-refractivity contribution in [3.8, 4) is 11.8 Å². The number of carbonyl (C=O) groups is 1. The maximum atomic E-state index is 11.2. The summed E-state index contributed by atoms with van der Waals surface area (Å²) in [5.41, 5.74) is 0.217. The van der Waals surface area contributed by atoms with E-state index in [0.29, 0.717) is 5.75 Å². The molecule has 0 amide bonds. The molecule has 4 nitrogen and oxygen atoms in total. The first kappa shape index (κ1) is 11.3. The quantitative estimate of drug-likeness (QED) is 0.739. The number of hydrogen-bond acceptors (Lipinski definition) is 4. The fourth-order valence-corrected chi connectivity index (χ4v) is 1.26. The number of benzene rings is 1. The van der Waals surface area contributed by atoms with Crippen LogP contribution in [0.5, 0.6) is 5.75 Å². The molecule has 0 atom stereocenters. The summed E-state index contributed by atoms with van der Waals surface area (Å²) in [5.74, 6) is -0.247. The van der Waals surface area contributed by atoms with Crippen LogP contribution in [0.25, 0.3) is 0 Å². The lowest BCUT2D eigenvalue weighted by Crippen LogP contribution is -2.03. The lowest BCUT2D eigenvalue weighted by atomic mass is 10.2. The molecule has 1 aromatic rings. The van der Waals surface area contributed by atoms with Crippen LogP contribution in [0.15, 0.2) is 18.2 Å². The minimum absolute atomic E-state index is 0.121. The van der Waals surface area contributed by atoms with Gasteiger partial charge in [0.15, 0.2) is 6.61 Å². The average molecular weight is 226 g/mol. The third kappa shape index (κ3) is 2.61. The van der Waals surface area contributed by atoms with Gasteiger partial charge in [-0.15, -0.1) is 0 Å². The standard InChI is InChI=1S/C10H8ClNO3/c1-14-10(13)7-3-2-4-8(9(7)11)15-6-5-12/h2-4H,6H2,1H3. The number of rotatable bonds is 3. The molecule has 5 heteroatoms. The summed E-state index contributed by atoms with van der Waals surface area (Å²) in [4.78, 5) is 11.2. The third-order valence-corrected chi connectivity index (χ3v) is 2.05. The summed E-state index contributed by atoms with van der Waals surface area (Å²) in [7, 11) is 1.27. The van der Waals surface area contributed by atoms with E-state index < -0.39 is 5.97 Å². The van der Waals surface area contributed by atoms with E-state index in [0.717, 1.165) is 0 Å². The van der Waals surface area contributed by atoms with Crippen molar-refractivity contribution in [2.24, 2.45) is 0 Å². The molecule has 0 aliphatic heterocycles. The number of esters is 1. The van der Waals surface area contributed by atoms with Crippen molar-refractivity contribution >= 4 is 17.6 Å². The maximum absolute atomic E-state index is 11.2. The van der Waals surface area contributed by atoms with Gasteiger partial charge in [0.05, 0.1) is 17.7 Å². The van der Waals surface area contributed by atoms with Gasteiger partial charge in [0.2, 0.25) is 0 Å². The van der Waals surface area contributed by atoms with Gasteiger partial charge in [-0.05, 0) is 12.1 Å². The Kier molecular flexibility index (Phi) is 3.95. The topological polar surface area (TPSA) is 59.3 Å². The second-order valence-electron chi connectivity index (χ2n) is 2.56. The number of carbonyl (C=O) groups excluding carboxylic acids is 1. The van der Waals surface area contributed by atoms with Crippen LogP contribution < -0.4 is 4.74 Å². The van der Waals surface area contributed by atoms with Crippen LogP contribution in [0, 0.1) is 11.3 Å². The second kappa shape index (κ2) is 5.23. The minimum atomic E-state index is -0.539. The largest absolute Gasteiger partial charge is 0.477 e. The fraction of sp³-hybridized carbons (Fsp3) is 0.200. The van der Waals surface area contributed by atoms with Crippen molar-refractivity contribution in [1.29, 1.82) is 5.26 Å². The van der Waals surface area contributed by atoms with Gasteiger partial charge in [-0.1, -0.05) is 17.7 Å². The first-order chi connectivity index (χ1) is 7.20. The Bertz CT molecular complexity index is 412. The number of nitriles is 1. The predicted octanol–water partition coefficient (Wildman–Crippen LogP) is 2.03. The van der Waals surface area contributed by atoms with E-state index in [1.807, 2.05) is 6.07 Å². The average Bonchev–Trinajstić information content (AvgIpc) is 2.27. The molecule has 0 spiro atoms.